The number of carboxylic acid groups (broad SMARTS) is 1. The molecule has 32 heavy (non-hydrogen) atoms. The summed E-state index contributed by atoms with van der Waals surface area (Å²) in [6, 6.07) is 16.7. The number of ether oxygens (including phenoxy) is 1. The highest BCUT2D eigenvalue weighted by molar-refractivity contribution is 5.79. The third-order valence-corrected chi connectivity index (χ3v) is 4.99. The number of rotatable bonds is 8. The lowest BCUT2D eigenvalue weighted by Gasteiger charge is -2.14. The van der Waals surface area contributed by atoms with E-state index in [9.17, 15) is 18.0 Å². The van der Waals surface area contributed by atoms with E-state index in [1.54, 1.807) is 0 Å². The molecule has 9 heteroatoms. The number of amides is 1. The van der Waals surface area contributed by atoms with Gasteiger partial charge in [0.25, 0.3) is 0 Å². The molecular formula is C23H27F3N2O4. The molecule has 0 bridgehead atoms. The minimum atomic E-state index is -5.08. The van der Waals surface area contributed by atoms with Gasteiger partial charge in [-0.1, -0.05) is 61.4 Å². The van der Waals surface area contributed by atoms with Gasteiger partial charge in [0.2, 0.25) is 0 Å². The first-order chi connectivity index (χ1) is 15.3. The molecule has 2 aromatic rings. The molecule has 0 fully saturated rings. The van der Waals surface area contributed by atoms with Gasteiger partial charge >= 0.3 is 18.2 Å². The van der Waals surface area contributed by atoms with Crippen molar-refractivity contribution in [3.8, 4) is 11.1 Å². The molecule has 0 radical (unpaired) electrons. The van der Waals surface area contributed by atoms with Crippen molar-refractivity contribution in [3.05, 3.63) is 59.7 Å². The molecule has 0 saturated carbocycles. The van der Waals surface area contributed by atoms with Crippen molar-refractivity contribution in [3.63, 3.8) is 0 Å². The second-order valence-electron chi connectivity index (χ2n) is 7.26. The summed E-state index contributed by atoms with van der Waals surface area (Å²) in [7, 11) is 0. The van der Waals surface area contributed by atoms with Gasteiger partial charge in [-0.25, -0.2) is 9.59 Å². The van der Waals surface area contributed by atoms with E-state index in [2.05, 4.69) is 41.7 Å². The predicted octanol–water partition coefficient (Wildman–Crippen LogP) is 4.68. The smallest absolute Gasteiger partial charge is 0.475 e. The van der Waals surface area contributed by atoms with Crippen molar-refractivity contribution in [2.75, 3.05) is 19.7 Å². The first-order valence-electron chi connectivity index (χ1n) is 10.3. The molecule has 0 aromatic heterocycles. The molecule has 0 saturated heterocycles. The van der Waals surface area contributed by atoms with Gasteiger partial charge in [0.05, 0.1) is 0 Å². The van der Waals surface area contributed by atoms with Crippen molar-refractivity contribution < 1.29 is 32.6 Å². The third kappa shape index (κ3) is 7.26. The van der Waals surface area contributed by atoms with Crippen LogP contribution in [0.5, 0.6) is 0 Å². The minimum Gasteiger partial charge on any atom is -0.475 e. The van der Waals surface area contributed by atoms with Gasteiger partial charge in [-0.05, 0) is 41.6 Å². The second-order valence-corrected chi connectivity index (χ2v) is 7.26. The first-order valence-corrected chi connectivity index (χ1v) is 10.3. The highest BCUT2D eigenvalue weighted by atomic mass is 19.4. The van der Waals surface area contributed by atoms with Crippen LogP contribution in [0.4, 0.5) is 18.0 Å². The number of alkyl halides is 3. The van der Waals surface area contributed by atoms with Crippen LogP contribution >= 0.6 is 0 Å². The summed E-state index contributed by atoms with van der Waals surface area (Å²) in [5.41, 5.74) is 10.4. The molecule has 0 spiro atoms. The van der Waals surface area contributed by atoms with Gasteiger partial charge in [0.1, 0.15) is 6.61 Å². The molecule has 1 aliphatic carbocycles. The molecule has 0 aliphatic heterocycles. The van der Waals surface area contributed by atoms with Crippen molar-refractivity contribution in [2.24, 2.45) is 5.73 Å². The number of hydrogen-bond acceptors (Lipinski definition) is 4. The molecule has 4 N–H and O–H groups in total. The van der Waals surface area contributed by atoms with E-state index in [0.29, 0.717) is 13.2 Å². The highest BCUT2D eigenvalue weighted by Gasteiger charge is 2.38. The average molecular weight is 452 g/mol. The highest BCUT2D eigenvalue weighted by Crippen LogP contribution is 2.44. The van der Waals surface area contributed by atoms with E-state index in [4.69, 9.17) is 20.4 Å². The minimum absolute atomic E-state index is 0.114. The largest absolute Gasteiger partial charge is 0.490 e. The fraction of sp³-hybridized carbons (Fsp3) is 0.391. The van der Waals surface area contributed by atoms with E-state index >= 15 is 0 Å². The second kappa shape index (κ2) is 12.1. The van der Waals surface area contributed by atoms with Gasteiger partial charge in [-0.2, -0.15) is 13.2 Å². The van der Waals surface area contributed by atoms with Crippen molar-refractivity contribution in [1.29, 1.82) is 0 Å². The van der Waals surface area contributed by atoms with Crippen LogP contribution in [0.2, 0.25) is 0 Å². The van der Waals surface area contributed by atoms with Crippen molar-refractivity contribution >= 4 is 12.1 Å². The number of halogens is 3. The van der Waals surface area contributed by atoms with Crippen LogP contribution in [0.1, 0.15) is 42.7 Å². The summed E-state index contributed by atoms with van der Waals surface area (Å²) in [6.07, 6.45) is -1.21. The number of benzene rings is 2. The van der Waals surface area contributed by atoms with E-state index in [1.165, 1.54) is 22.3 Å². The number of alkyl carbamates (subject to hydrolysis) is 1. The Hall–Kier alpha value is -3.07. The fourth-order valence-electron chi connectivity index (χ4n) is 3.46. The Kier molecular flexibility index (Phi) is 9.52. The zero-order valence-electron chi connectivity index (χ0n) is 17.5. The van der Waals surface area contributed by atoms with Crippen LogP contribution in [0.3, 0.4) is 0 Å². The Labute approximate surface area is 184 Å². The molecule has 0 unspecified atom stereocenters. The van der Waals surface area contributed by atoms with Gasteiger partial charge in [0.15, 0.2) is 0 Å². The summed E-state index contributed by atoms with van der Waals surface area (Å²) in [6.45, 7) is 1.76. The van der Waals surface area contributed by atoms with Crippen molar-refractivity contribution in [2.45, 2.75) is 37.8 Å². The summed E-state index contributed by atoms with van der Waals surface area (Å²) in [4.78, 5) is 20.9. The molecule has 1 aliphatic rings. The molecule has 2 aromatic carbocycles. The molecule has 174 valence electrons. The van der Waals surface area contributed by atoms with Crippen LogP contribution in [0.25, 0.3) is 11.1 Å². The summed E-state index contributed by atoms with van der Waals surface area (Å²) in [5.74, 6) is -2.64. The SMILES string of the molecule is NCCCCCCNC(=O)OCC1c2ccccc2-c2ccccc21.O=C(O)C(F)(F)F. The molecule has 0 atom stereocenters. The van der Waals surface area contributed by atoms with E-state index in [0.717, 1.165) is 32.2 Å². The van der Waals surface area contributed by atoms with Crippen LogP contribution in [-0.2, 0) is 9.53 Å². The predicted molar refractivity (Wildman–Crippen MR) is 114 cm³/mol. The van der Waals surface area contributed by atoms with E-state index in [-0.39, 0.29) is 12.0 Å². The quantitative estimate of drug-likeness (QED) is 0.505. The number of aliphatic carboxylic acids is 1. The Morgan fingerprint density at radius 1 is 0.938 bits per heavy atom. The maximum atomic E-state index is 12.0. The Bertz CT molecular complexity index is 857. The molecule has 0 heterocycles. The number of nitrogens with two attached hydrogens (primary N) is 1. The Balaban J connectivity index is 0.000000451. The number of carboxylic acids is 1. The van der Waals surface area contributed by atoms with Gasteiger partial charge in [0, 0.05) is 12.5 Å². The number of hydrogen-bond donors (Lipinski definition) is 3. The number of fused-ring (bicyclic) bond motifs is 3. The Morgan fingerprint density at radius 3 is 1.94 bits per heavy atom. The monoisotopic (exact) mass is 452 g/mol. The Morgan fingerprint density at radius 2 is 1.44 bits per heavy atom. The number of carbonyl (C=O) groups is 2. The molecule has 6 nitrogen and oxygen atoms in total. The van der Waals surface area contributed by atoms with Crippen LogP contribution in [0.15, 0.2) is 48.5 Å². The van der Waals surface area contributed by atoms with Crippen molar-refractivity contribution in [1.82, 2.24) is 5.32 Å². The summed E-state index contributed by atoms with van der Waals surface area (Å²) < 4.78 is 37.2. The normalized spacial score (nSPS) is 12.2. The van der Waals surface area contributed by atoms with E-state index < -0.39 is 12.1 Å². The maximum absolute atomic E-state index is 12.0. The van der Waals surface area contributed by atoms with Crippen LogP contribution in [-0.4, -0.2) is 43.0 Å². The zero-order valence-corrected chi connectivity index (χ0v) is 17.5. The lowest BCUT2D eigenvalue weighted by Crippen LogP contribution is -2.27. The molecule has 3 rings (SSSR count). The lowest BCUT2D eigenvalue weighted by molar-refractivity contribution is -0.192. The summed E-state index contributed by atoms with van der Waals surface area (Å²) in [5, 5.41) is 9.96. The molecular weight excluding hydrogens is 425 g/mol. The summed E-state index contributed by atoms with van der Waals surface area (Å²) >= 11 is 0. The number of nitrogens with one attached hydrogen (secondary N) is 1. The van der Waals surface area contributed by atoms with Gasteiger partial charge < -0.3 is 20.9 Å². The van der Waals surface area contributed by atoms with Gasteiger partial charge in [-0.15, -0.1) is 0 Å². The van der Waals surface area contributed by atoms with Crippen LogP contribution in [0, 0.1) is 0 Å². The number of carbonyl (C=O) groups excluding carboxylic acids is 1. The standard InChI is InChI=1S/C21H26N2O2.C2HF3O2/c22-13-7-1-2-8-14-23-21(24)25-15-20-18-11-5-3-9-16(18)17-10-4-6-12-19(17)20;3-2(4,5)1(6)7/h3-6,9-12,20H,1-2,7-8,13-15,22H2,(H,23,24);(H,6,7). The maximum Gasteiger partial charge on any atom is 0.490 e. The zero-order chi connectivity index (χ0) is 23.6. The molecule has 1 amide bonds. The third-order valence-electron chi connectivity index (χ3n) is 4.99. The van der Waals surface area contributed by atoms with Crippen LogP contribution < -0.4 is 11.1 Å². The van der Waals surface area contributed by atoms with E-state index in [1.807, 2.05) is 12.1 Å². The topological polar surface area (TPSA) is 102 Å². The lowest BCUT2D eigenvalue weighted by atomic mass is 9.98. The number of unbranched alkanes of at least 4 members (excludes halogenated alkanes) is 3. The first kappa shape index (κ1) is 25.2. The van der Waals surface area contributed by atoms with Gasteiger partial charge in [-0.3, -0.25) is 0 Å². The average Bonchev–Trinajstić information content (AvgIpc) is 3.08. The fourth-order valence-corrected chi connectivity index (χ4v) is 3.46.